The largest absolute Gasteiger partial charge is 0.507 e. The van der Waals surface area contributed by atoms with E-state index in [9.17, 15) is 9.90 Å². The lowest BCUT2D eigenvalue weighted by molar-refractivity contribution is 0.0717. The number of ether oxygens (including phenoxy) is 1. The number of para-hydroxylation sites is 1. The Labute approximate surface area is 191 Å². The summed E-state index contributed by atoms with van der Waals surface area (Å²) < 4.78 is 11.3. The van der Waals surface area contributed by atoms with E-state index in [4.69, 9.17) is 9.15 Å². The van der Waals surface area contributed by atoms with Crippen molar-refractivity contribution in [2.75, 3.05) is 6.61 Å². The summed E-state index contributed by atoms with van der Waals surface area (Å²) in [5, 5.41) is 17.8. The lowest BCUT2D eigenvalue weighted by Crippen LogP contribution is -2.28. The molecule has 4 aromatic rings. The summed E-state index contributed by atoms with van der Waals surface area (Å²) in [6.07, 6.45) is 3.67. The highest BCUT2D eigenvalue weighted by atomic mass is 16.5. The lowest BCUT2D eigenvalue weighted by atomic mass is 9.95. The molecule has 0 spiro atoms. The van der Waals surface area contributed by atoms with Crippen LogP contribution >= 0.6 is 0 Å². The predicted octanol–water partition coefficient (Wildman–Crippen LogP) is 5.30. The maximum atomic E-state index is 13.4. The molecule has 0 saturated heterocycles. The Morgan fingerprint density at radius 1 is 1.12 bits per heavy atom. The zero-order valence-corrected chi connectivity index (χ0v) is 18.3. The van der Waals surface area contributed by atoms with Crippen molar-refractivity contribution in [3.8, 4) is 22.8 Å². The summed E-state index contributed by atoms with van der Waals surface area (Å²) in [6.45, 7) is 3.11. The molecular weight excluding hydrogens is 418 g/mol. The Bertz CT molecular complexity index is 1250. The highest BCUT2D eigenvalue weighted by Crippen LogP contribution is 2.45. The van der Waals surface area contributed by atoms with Gasteiger partial charge in [-0.3, -0.25) is 9.89 Å². The highest BCUT2D eigenvalue weighted by Gasteiger charge is 2.42. The van der Waals surface area contributed by atoms with Gasteiger partial charge in [-0.2, -0.15) is 5.10 Å². The minimum Gasteiger partial charge on any atom is -0.507 e. The van der Waals surface area contributed by atoms with Crippen molar-refractivity contribution in [1.82, 2.24) is 15.1 Å². The molecule has 2 aromatic heterocycles. The predicted molar refractivity (Wildman–Crippen MR) is 123 cm³/mol. The first-order valence-electron chi connectivity index (χ1n) is 11.1. The number of nitrogens with zero attached hydrogens (tertiary/aromatic N) is 2. The monoisotopic (exact) mass is 443 g/mol. The number of amides is 1. The van der Waals surface area contributed by atoms with Crippen LogP contribution in [0, 0.1) is 0 Å². The Balaban J connectivity index is 1.56. The zero-order valence-electron chi connectivity index (χ0n) is 18.3. The number of furan rings is 1. The molecule has 0 aliphatic carbocycles. The van der Waals surface area contributed by atoms with E-state index < -0.39 is 6.04 Å². The van der Waals surface area contributed by atoms with Gasteiger partial charge in [0.05, 0.1) is 25.5 Å². The Hall–Kier alpha value is -4.00. The number of aromatic hydroxyl groups is 1. The molecule has 7 heteroatoms. The number of carbonyl (C=O) groups is 1. The highest BCUT2D eigenvalue weighted by molar-refractivity contribution is 6.00. The number of carbonyl (C=O) groups excluding carboxylic acids is 1. The molecule has 33 heavy (non-hydrogen) atoms. The first-order chi connectivity index (χ1) is 16.2. The number of H-pyrrole nitrogens is 1. The van der Waals surface area contributed by atoms with Gasteiger partial charge in [-0.15, -0.1) is 0 Å². The number of fused-ring (bicyclic) bond motifs is 1. The van der Waals surface area contributed by atoms with Crippen LogP contribution in [0.1, 0.15) is 53.2 Å². The van der Waals surface area contributed by atoms with Gasteiger partial charge in [0.25, 0.3) is 5.91 Å². The van der Waals surface area contributed by atoms with E-state index in [2.05, 4.69) is 17.1 Å². The van der Waals surface area contributed by atoms with Crippen LogP contribution in [-0.2, 0) is 6.54 Å². The first kappa shape index (κ1) is 20.9. The van der Waals surface area contributed by atoms with E-state index in [1.807, 2.05) is 42.5 Å². The number of hydrogen-bond acceptors (Lipinski definition) is 5. The number of hydrogen-bond donors (Lipinski definition) is 2. The number of nitrogens with one attached hydrogen (secondary N) is 1. The van der Waals surface area contributed by atoms with Gasteiger partial charge in [0, 0.05) is 11.1 Å². The molecule has 3 heterocycles. The van der Waals surface area contributed by atoms with Crippen molar-refractivity contribution in [3.63, 3.8) is 0 Å². The number of aromatic nitrogens is 2. The molecule has 1 amide bonds. The molecule has 0 saturated carbocycles. The van der Waals surface area contributed by atoms with Crippen LogP contribution < -0.4 is 4.74 Å². The van der Waals surface area contributed by atoms with Crippen molar-refractivity contribution in [2.24, 2.45) is 0 Å². The minimum atomic E-state index is -0.393. The SMILES string of the molecule is CCCCOc1ccc(C2c3c(-c4ccccc4O)n[nH]c3C(=O)N2Cc2ccco2)cc1. The van der Waals surface area contributed by atoms with Crippen LogP contribution in [0.25, 0.3) is 11.3 Å². The van der Waals surface area contributed by atoms with Gasteiger partial charge in [-0.1, -0.05) is 37.6 Å². The topological polar surface area (TPSA) is 91.6 Å². The van der Waals surface area contributed by atoms with Crippen molar-refractivity contribution < 1.29 is 19.1 Å². The summed E-state index contributed by atoms with van der Waals surface area (Å²) in [4.78, 5) is 15.2. The fourth-order valence-corrected chi connectivity index (χ4v) is 4.24. The standard InChI is InChI=1S/C26H25N3O4/c1-2-3-14-32-18-12-10-17(11-13-18)25-22-23(20-8-4-5-9-21(20)30)27-28-24(22)26(31)29(25)16-19-7-6-15-33-19/h4-13,15,25,30H,2-3,14,16H2,1H3,(H,27,28). The van der Waals surface area contributed by atoms with Gasteiger partial charge in [0.1, 0.15) is 28.6 Å². The molecule has 0 bridgehead atoms. The van der Waals surface area contributed by atoms with Gasteiger partial charge >= 0.3 is 0 Å². The number of unbranched alkanes of at least 4 members (excludes halogenated alkanes) is 1. The van der Waals surface area contributed by atoms with Crippen LogP contribution in [0.5, 0.6) is 11.5 Å². The second kappa shape index (κ2) is 8.86. The van der Waals surface area contributed by atoms with E-state index in [0.717, 1.165) is 29.7 Å². The summed E-state index contributed by atoms with van der Waals surface area (Å²) >= 11 is 0. The zero-order chi connectivity index (χ0) is 22.8. The maximum absolute atomic E-state index is 13.4. The summed E-state index contributed by atoms with van der Waals surface area (Å²) in [5.41, 5.74) is 3.23. The number of benzene rings is 2. The fourth-order valence-electron chi connectivity index (χ4n) is 4.24. The quantitative estimate of drug-likeness (QED) is 0.361. The Morgan fingerprint density at radius 2 is 1.94 bits per heavy atom. The fraction of sp³-hybridized carbons (Fsp3) is 0.231. The third-order valence-corrected chi connectivity index (χ3v) is 5.89. The molecule has 1 atom stereocenters. The van der Waals surface area contributed by atoms with Crippen LogP contribution in [0.4, 0.5) is 0 Å². The molecule has 1 unspecified atom stereocenters. The van der Waals surface area contributed by atoms with Gasteiger partial charge < -0.3 is 19.2 Å². The summed E-state index contributed by atoms with van der Waals surface area (Å²) in [5.74, 6) is 1.43. The maximum Gasteiger partial charge on any atom is 0.273 e. The molecule has 5 rings (SSSR count). The minimum absolute atomic E-state index is 0.113. The molecule has 0 fully saturated rings. The van der Waals surface area contributed by atoms with E-state index in [1.54, 1.807) is 29.4 Å². The van der Waals surface area contributed by atoms with Crippen molar-refractivity contribution >= 4 is 5.91 Å². The van der Waals surface area contributed by atoms with Crippen molar-refractivity contribution in [2.45, 2.75) is 32.4 Å². The first-order valence-corrected chi connectivity index (χ1v) is 11.1. The third kappa shape index (κ3) is 3.86. The smallest absolute Gasteiger partial charge is 0.273 e. The molecule has 0 radical (unpaired) electrons. The number of aromatic amines is 1. The Morgan fingerprint density at radius 3 is 2.67 bits per heavy atom. The molecule has 2 aromatic carbocycles. The second-order valence-electron chi connectivity index (χ2n) is 8.06. The van der Waals surface area contributed by atoms with Gasteiger partial charge in [0.15, 0.2) is 0 Å². The number of phenols is 1. The molecule has 168 valence electrons. The van der Waals surface area contributed by atoms with E-state index in [1.165, 1.54) is 0 Å². The van der Waals surface area contributed by atoms with Crippen LogP contribution in [0.3, 0.4) is 0 Å². The number of phenolic OH excluding ortho intramolecular Hbond substituents is 1. The molecule has 2 N–H and O–H groups in total. The molecule has 1 aliphatic heterocycles. The summed E-state index contributed by atoms with van der Waals surface area (Å²) in [6, 6.07) is 18.1. The van der Waals surface area contributed by atoms with Crippen LogP contribution in [-0.4, -0.2) is 32.7 Å². The lowest BCUT2D eigenvalue weighted by Gasteiger charge is -2.25. The van der Waals surface area contributed by atoms with Gasteiger partial charge in [-0.25, -0.2) is 0 Å². The van der Waals surface area contributed by atoms with E-state index in [-0.39, 0.29) is 11.7 Å². The third-order valence-electron chi connectivity index (χ3n) is 5.89. The molecule has 7 nitrogen and oxygen atoms in total. The van der Waals surface area contributed by atoms with E-state index >= 15 is 0 Å². The average molecular weight is 444 g/mol. The van der Waals surface area contributed by atoms with Crippen molar-refractivity contribution in [1.29, 1.82) is 0 Å². The van der Waals surface area contributed by atoms with E-state index in [0.29, 0.717) is 35.9 Å². The van der Waals surface area contributed by atoms with Gasteiger partial charge in [0.2, 0.25) is 0 Å². The van der Waals surface area contributed by atoms with Crippen LogP contribution in [0.15, 0.2) is 71.3 Å². The second-order valence-corrected chi connectivity index (χ2v) is 8.06. The normalized spacial score (nSPS) is 15.1. The summed E-state index contributed by atoms with van der Waals surface area (Å²) in [7, 11) is 0. The van der Waals surface area contributed by atoms with Crippen molar-refractivity contribution in [3.05, 3.63) is 89.5 Å². The molecule has 1 aliphatic rings. The number of rotatable bonds is 8. The van der Waals surface area contributed by atoms with Gasteiger partial charge in [-0.05, 0) is 48.4 Å². The van der Waals surface area contributed by atoms with Crippen LogP contribution in [0.2, 0.25) is 0 Å². The Kier molecular flexibility index (Phi) is 5.60. The molecular formula is C26H25N3O4. The average Bonchev–Trinajstić information content (AvgIpc) is 3.55.